The average molecular weight is 386 g/mol. The number of nitrogens with two attached hydrogens (primary N) is 1. The van der Waals surface area contributed by atoms with E-state index in [0.717, 1.165) is 16.9 Å². The molecule has 0 aliphatic carbocycles. The lowest BCUT2D eigenvalue weighted by Gasteiger charge is -2.26. The van der Waals surface area contributed by atoms with Crippen LogP contribution in [0.1, 0.15) is 24.3 Å². The molecule has 0 saturated heterocycles. The summed E-state index contributed by atoms with van der Waals surface area (Å²) >= 11 is 1.50. The molecule has 0 radical (unpaired) electrons. The van der Waals surface area contributed by atoms with Gasteiger partial charge in [-0.25, -0.2) is 15.4 Å². The largest absolute Gasteiger partial charge is 0.497 e. The molecule has 7 nitrogen and oxygen atoms in total. The summed E-state index contributed by atoms with van der Waals surface area (Å²) in [7, 11) is 1.60. The first kappa shape index (κ1) is 18.0. The summed E-state index contributed by atoms with van der Waals surface area (Å²) in [5, 5.41) is 0.666. The number of nitrogens with zero attached hydrogens (tertiary/aromatic N) is 2. The zero-order chi connectivity index (χ0) is 19.1. The lowest BCUT2D eigenvalue weighted by molar-refractivity contribution is 0.00200. The van der Waals surface area contributed by atoms with Crippen molar-refractivity contribution in [3.8, 4) is 11.4 Å². The van der Waals surface area contributed by atoms with E-state index < -0.39 is 0 Å². The number of hydrogen-bond donors (Lipinski definition) is 2. The molecule has 0 fully saturated rings. The van der Waals surface area contributed by atoms with Gasteiger partial charge in [-0.2, -0.15) is 0 Å². The summed E-state index contributed by atoms with van der Waals surface area (Å²) < 4.78 is 12.7. The van der Waals surface area contributed by atoms with Crippen molar-refractivity contribution in [2.45, 2.75) is 33.0 Å². The molecule has 142 valence electrons. The highest BCUT2D eigenvalue weighted by Gasteiger charge is 2.28. The van der Waals surface area contributed by atoms with Crippen LogP contribution in [0.5, 0.6) is 5.75 Å². The second kappa shape index (κ2) is 6.95. The van der Waals surface area contributed by atoms with Gasteiger partial charge in [-0.3, -0.25) is 10.2 Å². The third-order valence-corrected chi connectivity index (χ3v) is 6.04. The SMILES string of the molecule is COc1ccc(-n2c(NN)nc3sc4c(c3c2=O)CC(C(C)C)OC4)cc1. The molecule has 3 N–H and O–H groups in total. The molecule has 2 aromatic heterocycles. The molecule has 4 rings (SSSR count). The van der Waals surface area contributed by atoms with Gasteiger partial charge in [0.2, 0.25) is 5.95 Å². The van der Waals surface area contributed by atoms with Crippen LogP contribution >= 0.6 is 11.3 Å². The lowest BCUT2D eigenvalue weighted by atomic mass is 9.96. The minimum absolute atomic E-state index is 0.108. The fourth-order valence-corrected chi connectivity index (χ4v) is 4.54. The van der Waals surface area contributed by atoms with Crippen LogP contribution in [0.15, 0.2) is 29.1 Å². The van der Waals surface area contributed by atoms with E-state index in [9.17, 15) is 4.79 Å². The summed E-state index contributed by atoms with van der Waals surface area (Å²) in [4.78, 5) is 19.8. The quantitative estimate of drug-likeness (QED) is 0.529. The molecule has 8 heteroatoms. The van der Waals surface area contributed by atoms with Gasteiger partial charge in [-0.15, -0.1) is 11.3 Å². The molecule has 1 atom stereocenters. The van der Waals surface area contributed by atoms with Crippen LogP contribution in [0.25, 0.3) is 15.9 Å². The van der Waals surface area contributed by atoms with Crippen molar-refractivity contribution >= 4 is 27.5 Å². The van der Waals surface area contributed by atoms with Crippen molar-refractivity contribution in [3.05, 3.63) is 45.1 Å². The number of nitrogen functional groups attached to an aromatic ring is 1. The van der Waals surface area contributed by atoms with E-state index in [1.807, 2.05) is 12.1 Å². The van der Waals surface area contributed by atoms with Crippen LogP contribution in [0.4, 0.5) is 5.95 Å². The molecular formula is C19H22N4O3S. The minimum Gasteiger partial charge on any atom is -0.497 e. The van der Waals surface area contributed by atoms with Crippen LogP contribution in [-0.4, -0.2) is 22.8 Å². The molecule has 3 heterocycles. The third kappa shape index (κ3) is 2.99. The number of ether oxygens (including phenoxy) is 2. The molecule has 3 aromatic rings. The van der Waals surface area contributed by atoms with Crippen molar-refractivity contribution in [2.75, 3.05) is 12.5 Å². The maximum atomic E-state index is 13.4. The number of benzene rings is 1. The molecule has 1 aliphatic heterocycles. The van der Waals surface area contributed by atoms with E-state index >= 15 is 0 Å². The van der Waals surface area contributed by atoms with Gasteiger partial charge in [0, 0.05) is 11.3 Å². The van der Waals surface area contributed by atoms with Gasteiger partial charge >= 0.3 is 0 Å². The summed E-state index contributed by atoms with van der Waals surface area (Å²) in [6, 6.07) is 7.23. The Morgan fingerprint density at radius 3 is 2.74 bits per heavy atom. The average Bonchev–Trinajstić information content (AvgIpc) is 3.05. The molecule has 1 aromatic carbocycles. The number of methoxy groups -OCH3 is 1. The number of anilines is 1. The Labute approximate surface area is 160 Å². The number of nitrogens with one attached hydrogen (secondary N) is 1. The maximum Gasteiger partial charge on any atom is 0.268 e. The van der Waals surface area contributed by atoms with Crippen LogP contribution in [-0.2, 0) is 17.8 Å². The predicted molar refractivity (Wildman–Crippen MR) is 107 cm³/mol. The first-order chi connectivity index (χ1) is 13.0. The first-order valence-corrected chi connectivity index (χ1v) is 9.65. The van der Waals surface area contributed by atoms with Crippen molar-refractivity contribution < 1.29 is 9.47 Å². The van der Waals surface area contributed by atoms with Crippen molar-refractivity contribution in [1.29, 1.82) is 0 Å². The number of aromatic nitrogens is 2. The second-order valence-electron chi connectivity index (χ2n) is 6.90. The van der Waals surface area contributed by atoms with Crippen LogP contribution in [0.2, 0.25) is 0 Å². The van der Waals surface area contributed by atoms with E-state index in [2.05, 4.69) is 24.3 Å². The fraction of sp³-hybridized carbons (Fsp3) is 0.368. The van der Waals surface area contributed by atoms with E-state index in [1.165, 1.54) is 15.9 Å². The predicted octanol–water partition coefficient (Wildman–Crippen LogP) is 2.84. The van der Waals surface area contributed by atoms with Gasteiger partial charge in [0.1, 0.15) is 10.6 Å². The smallest absolute Gasteiger partial charge is 0.268 e. The number of hydrazine groups is 1. The van der Waals surface area contributed by atoms with Crippen molar-refractivity contribution in [2.24, 2.45) is 11.8 Å². The fourth-order valence-electron chi connectivity index (χ4n) is 3.42. The van der Waals surface area contributed by atoms with Gasteiger partial charge < -0.3 is 9.47 Å². The molecule has 0 saturated carbocycles. The van der Waals surface area contributed by atoms with E-state index in [4.69, 9.17) is 15.3 Å². The lowest BCUT2D eigenvalue weighted by Crippen LogP contribution is -2.29. The Morgan fingerprint density at radius 1 is 1.37 bits per heavy atom. The molecule has 0 bridgehead atoms. The Bertz CT molecular complexity index is 1040. The number of rotatable bonds is 4. The Balaban J connectivity index is 1.93. The van der Waals surface area contributed by atoms with E-state index in [-0.39, 0.29) is 11.7 Å². The second-order valence-corrected chi connectivity index (χ2v) is 7.98. The van der Waals surface area contributed by atoms with Gasteiger partial charge in [-0.1, -0.05) is 13.8 Å². The van der Waals surface area contributed by atoms with Crippen molar-refractivity contribution in [3.63, 3.8) is 0 Å². The van der Waals surface area contributed by atoms with Crippen LogP contribution in [0, 0.1) is 5.92 Å². The number of fused-ring (bicyclic) bond motifs is 3. The minimum atomic E-state index is -0.125. The number of hydrogen-bond acceptors (Lipinski definition) is 7. The zero-order valence-corrected chi connectivity index (χ0v) is 16.3. The monoisotopic (exact) mass is 386 g/mol. The molecule has 27 heavy (non-hydrogen) atoms. The zero-order valence-electron chi connectivity index (χ0n) is 15.5. The Kier molecular flexibility index (Phi) is 4.63. The summed E-state index contributed by atoms with van der Waals surface area (Å²) in [6.45, 7) is 4.79. The van der Waals surface area contributed by atoms with Gasteiger partial charge in [-0.05, 0) is 35.7 Å². The normalized spacial score (nSPS) is 16.6. The highest BCUT2D eigenvalue weighted by atomic mass is 32.1. The van der Waals surface area contributed by atoms with E-state index in [1.54, 1.807) is 19.2 Å². The summed E-state index contributed by atoms with van der Waals surface area (Å²) in [6.07, 6.45) is 0.832. The number of thiophene rings is 1. The van der Waals surface area contributed by atoms with Gasteiger partial charge in [0.25, 0.3) is 5.56 Å². The topological polar surface area (TPSA) is 91.4 Å². The highest BCUT2D eigenvalue weighted by molar-refractivity contribution is 7.18. The third-order valence-electron chi connectivity index (χ3n) is 4.95. The molecule has 1 aliphatic rings. The molecular weight excluding hydrogens is 364 g/mol. The van der Waals surface area contributed by atoms with E-state index in [0.29, 0.717) is 40.1 Å². The molecule has 1 unspecified atom stereocenters. The van der Waals surface area contributed by atoms with Crippen LogP contribution in [0.3, 0.4) is 0 Å². The summed E-state index contributed by atoms with van der Waals surface area (Å²) in [5.41, 5.74) is 4.17. The first-order valence-electron chi connectivity index (χ1n) is 8.83. The Hall–Kier alpha value is -2.42. The standard InChI is InChI=1S/C19H22N4O3S/c1-10(2)14-8-13-15(9-26-14)27-17-16(13)18(24)23(19(21-17)22-20)11-4-6-12(25-3)7-5-11/h4-7,10,14H,8-9,20H2,1-3H3,(H,21,22). The van der Waals surface area contributed by atoms with Gasteiger partial charge in [0.15, 0.2) is 0 Å². The highest BCUT2D eigenvalue weighted by Crippen LogP contribution is 2.35. The Morgan fingerprint density at radius 2 is 2.11 bits per heavy atom. The maximum absolute atomic E-state index is 13.4. The molecule has 0 spiro atoms. The molecule has 0 amide bonds. The van der Waals surface area contributed by atoms with Crippen LogP contribution < -0.4 is 21.6 Å². The summed E-state index contributed by atoms with van der Waals surface area (Å²) in [5.74, 6) is 7.07. The van der Waals surface area contributed by atoms with Crippen molar-refractivity contribution in [1.82, 2.24) is 9.55 Å². The van der Waals surface area contributed by atoms with Gasteiger partial charge in [0.05, 0.1) is 30.9 Å².